The molecule has 0 amide bonds. The number of benzene rings is 5. The fourth-order valence-corrected chi connectivity index (χ4v) is 10.7. The van der Waals surface area contributed by atoms with Crippen molar-refractivity contribution < 1.29 is 38.6 Å². The van der Waals surface area contributed by atoms with Crippen molar-refractivity contribution in [2.75, 3.05) is 31.7 Å². The van der Waals surface area contributed by atoms with Crippen molar-refractivity contribution in [1.29, 1.82) is 0 Å². The van der Waals surface area contributed by atoms with Crippen LogP contribution in [0.3, 0.4) is 0 Å². The molecule has 0 aromatic heterocycles. The molecule has 0 saturated carbocycles. The average molecular weight is 1080 g/mol. The maximum Gasteiger partial charge on any atom is 0.306 e. The van der Waals surface area contributed by atoms with Crippen LogP contribution < -0.4 is 5.32 Å². The molecule has 0 aliphatic carbocycles. The Morgan fingerprint density at radius 1 is 0.500 bits per heavy atom. The Kier molecular flexibility index (Phi) is 29.8. The second kappa shape index (κ2) is 37.0. The topological polar surface area (TPSA) is 203 Å². The lowest BCUT2D eigenvalue weighted by Gasteiger charge is -2.18. The van der Waals surface area contributed by atoms with Gasteiger partial charge in [-0.05, 0) is 76.4 Å². The normalized spacial score (nSPS) is 11.9. The molecule has 0 unspecified atom stereocenters. The van der Waals surface area contributed by atoms with Crippen molar-refractivity contribution in [2.24, 2.45) is 0 Å². The summed E-state index contributed by atoms with van der Waals surface area (Å²) in [5.74, 6) is -0.585. The van der Waals surface area contributed by atoms with Crippen LogP contribution in [0.1, 0.15) is 218 Å². The van der Waals surface area contributed by atoms with E-state index in [0.717, 1.165) is 108 Å². The number of nitrogens with zero attached hydrogens (tertiary/aromatic N) is 3. The number of hydrogen-bond donors (Lipinski definition) is 1. The number of rotatable bonds is 46. The number of aryl methyl sites for hydroxylation is 1. The lowest BCUT2D eigenvalue weighted by Crippen LogP contribution is -2.30. The largest absolute Gasteiger partial charge is 0.462 e. The number of anilines is 1. The minimum atomic E-state index is -0.894. The molecule has 0 aliphatic rings. The Hall–Kier alpha value is -5.96. The summed E-state index contributed by atoms with van der Waals surface area (Å²) in [5.41, 5.74) is -1.02. The van der Waals surface area contributed by atoms with E-state index in [-0.39, 0.29) is 37.4 Å². The summed E-state index contributed by atoms with van der Waals surface area (Å²) in [7, 11) is 0. The molecule has 0 fully saturated rings. The van der Waals surface area contributed by atoms with Crippen molar-refractivity contribution in [3.05, 3.63) is 103 Å². The second-order valence-corrected chi connectivity index (χ2v) is 21.5. The molecule has 1 atom stereocenters. The van der Waals surface area contributed by atoms with Crippen molar-refractivity contribution in [1.82, 2.24) is 0 Å². The lowest BCUT2D eigenvalue weighted by molar-refractivity contribution is -0.401. The van der Waals surface area contributed by atoms with Crippen LogP contribution in [0.2, 0.25) is 0 Å². The number of unbranched alkanes of at least 4 members (excludes halogenated alkanes) is 27. The number of hydrogen-bond acceptors (Lipinski definition) is 12. The number of carbonyl (C=O) groups is 2. The molecule has 0 aliphatic heterocycles. The summed E-state index contributed by atoms with van der Waals surface area (Å²) < 4.78 is 17.5. The number of ether oxygens (including phenoxy) is 3. The minimum Gasteiger partial charge on any atom is -0.462 e. The highest BCUT2D eigenvalue weighted by molar-refractivity contribution is 6.23. The van der Waals surface area contributed by atoms with Gasteiger partial charge in [-0.2, -0.15) is 0 Å². The van der Waals surface area contributed by atoms with E-state index in [9.17, 15) is 39.9 Å². The van der Waals surface area contributed by atoms with Crippen molar-refractivity contribution in [3.63, 3.8) is 0 Å². The number of carbonyl (C=O) groups excluding carboxylic acids is 2. The van der Waals surface area contributed by atoms with E-state index >= 15 is 0 Å². The van der Waals surface area contributed by atoms with Gasteiger partial charge in [-0.3, -0.25) is 39.9 Å². The molecule has 0 bridgehead atoms. The number of nitrogens with one attached hydrogen (secondary N) is 1. The monoisotopic (exact) mass is 1080 g/mol. The predicted octanol–water partition coefficient (Wildman–Crippen LogP) is 17.9. The first-order valence-electron chi connectivity index (χ1n) is 30.0. The zero-order valence-corrected chi connectivity index (χ0v) is 46.9. The maximum atomic E-state index is 13.0. The van der Waals surface area contributed by atoms with E-state index in [4.69, 9.17) is 14.2 Å². The van der Waals surface area contributed by atoms with Crippen LogP contribution in [0.15, 0.2) is 66.7 Å². The van der Waals surface area contributed by atoms with Crippen LogP contribution in [0.25, 0.3) is 32.3 Å². The van der Waals surface area contributed by atoms with E-state index < -0.39 is 37.9 Å². The van der Waals surface area contributed by atoms with Gasteiger partial charge in [0.1, 0.15) is 6.61 Å². The van der Waals surface area contributed by atoms with E-state index in [1.807, 2.05) is 0 Å². The van der Waals surface area contributed by atoms with Gasteiger partial charge in [-0.15, -0.1) is 0 Å². The Morgan fingerprint density at radius 3 is 1.50 bits per heavy atom. The molecule has 0 saturated heterocycles. The molecule has 78 heavy (non-hydrogen) atoms. The fourth-order valence-electron chi connectivity index (χ4n) is 10.7. The van der Waals surface area contributed by atoms with Gasteiger partial charge >= 0.3 is 23.3 Å². The Morgan fingerprint density at radius 2 is 0.962 bits per heavy atom. The molecule has 15 heteroatoms. The molecule has 5 rings (SSSR count). The van der Waals surface area contributed by atoms with Crippen LogP contribution >= 0.6 is 0 Å². The highest BCUT2D eigenvalue weighted by Gasteiger charge is 2.30. The molecule has 0 spiro atoms. The standard InChI is InChI=1S/C63H90N4O11/c1-2-3-4-5-6-7-8-9-10-11-15-21-26-31-45-76-48-55(49-77-59(68)36-28-23-18-13-12-14-20-25-30-44-64-63-57(66(72)73)46-54(65(70)71)47-58(63)67(74)75)78-60(69)37-29-24-19-16-17-22-27-33-50-38-39-53-41-40-51-34-32-35-52-42-43-56(50)62(53)61(51)52/h32,34-35,38-43,46-47,55,64H,2-31,33,36-37,44-45,48-49H2,1H3/t55-/m1/s1. The van der Waals surface area contributed by atoms with Gasteiger partial charge in [0.15, 0.2) is 11.8 Å². The van der Waals surface area contributed by atoms with Crippen molar-refractivity contribution in [3.8, 4) is 0 Å². The van der Waals surface area contributed by atoms with Crippen LogP contribution in [0.4, 0.5) is 22.7 Å². The SMILES string of the molecule is CCCCCCCCCCCCCCCCOC[C@H](COC(=O)CCCCCCCCCCCNc1c([N+](=O)[O-])cc([N+](=O)[O-])cc1[N+](=O)[O-])OC(=O)CCCCCCCCCc1ccc2ccc3cccc4ccc1c2c34. The van der Waals surface area contributed by atoms with E-state index in [2.05, 4.69) is 66.8 Å². The molecule has 428 valence electrons. The molecule has 0 radical (unpaired) electrons. The number of esters is 2. The zero-order valence-electron chi connectivity index (χ0n) is 46.9. The van der Waals surface area contributed by atoms with Gasteiger partial charge in [-0.25, -0.2) is 0 Å². The van der Waals surface area contributed by atoms with E-state index in [0.29, 0.717) is 32.3 Å². The first-order chi connectivity index (χ1) is 38.1. The van der Waals surface area contributed by atoms with Gasteiger partial charge in [0.05, 0.1) is 33.5 Å². The predicted molar refractivity (Wildman–Crippen MR) is 314 cm³/mol. The smallest absolute Gasteiger partial charge is 0.306 e. The summed E-state index contributed by atoms with van der Waals surface area (Å²) in [4.78, 5) is 57.4. The van der Waals surface area contributed by atoms with Crippen LogP contribution in [0.5, 0.6) is 0 Å². The van der Waals surface area contributed by atoms with E-state index in [1.54, 1.807) is 0 Å². The summed E-state index contributed by atoms with van der Waals surface area (Å²) in [6, 6.07) is 21.6. The van der Waals surface area contributed by atoms with Gasteiger partial charge in [0, 0.05) is 26.0 Å². The van der Waals surface area contributed by atoms with Gasteiger partial charge in [0.2, 0.25) is 0 Å². The average Bonchev–Trinajstić information content (AvgIpc) is 3.44. The zero-order chi connectivity index (χ0) is 55.6. The first kappa shape index (κ1) is 62.9. The van der Waals surface area contributed by atoms with Gasteiger partial charge in [0.25, 0.3) is 5.69 Å². The highest BCUT2D eigenvalue weighted by Crippen LogP contribution is 2.39. The minimum absolute atomic E-state index is 0.0187. The third-order valence-electron chi connectivity index (χ3n) is 15.2. The van der Waals surface area contributed by atoms with Crippen molar-refractivity contribution >= 4 is 67.0 Å². The highest BCUT2D eigenvalue weighted by atomic mass is 16.6. The first-order valence-corrected chi connectivity index (χ1v) is 30.0. The molecule has 5 aromatic rings. The van der Waals surface area contributed by atoms with Crippen LogP contribution in [0, 0.1) is 30.3 Å². The summed E-state index contributed by atoms with van der Waals surface area (Å²) in [5, 5.41) is 45.0. The third kappa shape index (κ3) is 22.8. The Balaban J connectivity index is 0.915. The second-order valence-electron chi connectivity index (χ2n) is 21.5. The van der Waals surface area contributed by atoms with Crippen LogP contribution in [-0.4, -0.2) is 59.2 Å². The summed E-state index contributed by atoms with van der Waals surface area (Å²) in [6.07, 6.45) is 34.4. The molecule has 1 N–H and O–H groups in total. The molecular weight excluding hydrogens is 989 g/mol. The van der Waals surface area contributed by atoms with Gasteiger partial charge < -0.3 is 19.5 Å². The molecule has 15 nitrogen and oxygen atoms in total. The fraction of sp³-hybridized carbons (Fsp3) is 0.619. The maximum absolute atomic E-state index is 13.0. The summed E-state index contributed by atoms with van der Waals surface area (Å²) >= 11 is 0. The molecule has 0 heterocycles. The van der Waals surface area contributed by atoms with Gasteiger partial charge in [-0.1, -0.05) is 222 Å². The number of nitro groups is 3. The lowest BCUT2D eigenvalue weighted by atomic mass is 9.90. The van der Waals surface area contributed by atoms with Crippen molar-refractivity contribution in [2.45, 2.75) is 225 Å². The quantitative estimate of drug-likeness (QED) is 0.0127. The number of nitro benzene ring substituents is 3. The Bertz CT molecular complexity index is 2520. The Labute approximate surface area is 463 Å². The molecular formula is C63H90N4O11. The van der Waals surface area contributed by atoms with Crippen LogP contribution in [-0.2, 0) is 30.2 Å². The van der Waals surface area contributed by atoms with E-state index in [1.165, 1.54) is 128 Å². The third-order valence-corrected chi connectivity index (χ3v) is 15.2. The molecule has 5 aromatic carbocycles. The summed E-state index contributed by atoms with van der Waals surface area (Å²) in [6.45, 7) is 3.28. The number of non-ortho nitro benzene ring substituents is 1.